The van der Waals surface area contributed by atoms with Crippen LogP contribution in [0.5, 0.6) is 5.75 Å². The molecule has 2 aromatic carbocycles. The van der Waals surface area contributed by atoms with Crippen LogP contribution in [-0.4, -0.2) is 37.3 Å². The Morgan fingerprint density at radius 3 is 2.88 bits per heavy atom. The Labute approximate surface area is 160 Å². The zero-order valence-electron chi connectivity index (χ0n) is 14.6. The van der Waals surface area contributed by atoms with Crippen molar-refractivity contribution >= 4 is 50.0 Å². The Kier molecular flexibility index (Phi) is 4.74. The van der Waals surface area contributed by atoms with Gasteiger partial charge in [0.15, 0.2) is 5.13 Å². The first-order chi connectivity index (χ1) is 12.7. The molecular weight excluding hydrogens is 366 g/mol. The molecule has 0 radical (unpaired) electrons. The van der Waals surface area contributed by atoms with Crippen LogP contribution in [0.25, 0.3) is 10.2 Å². The fourth-order valence-corrected chi connectivity index (χ4v) is 4.50. The monoisotopic (exact) mass is 385 g/mol. The molecule has 0 atom stereocenters. The minimum atomic E-state index is -0.00791. The molecule has 1 saturated heterocycles. The summed E-state index contributed by atoms with van der Waals surface area (Å²) < 4.78 is 6.37. The molecule has 0 unspecified atom stereocenters. The molecule has 4 rings (SSSR count). The predicted molar refractivity (Wildman–Crippen MR) is 109 cm³/mol. The Bertz CT molecular complexity index is 951. The first-order valence-corrected chi connectivity index (χ1v) is 10.4. The lowest BCUT2D eigenvalue weighted by Gasteiger charge is -2.38. The number of thiazole rings is 1. The van der Waals surface area contributed by atoms with Crippen molar-refractivity contribution in [3.8, 4) is 5.75 Å². The molecule has 1 fully saturated rings. The van der Waals surface area contributed by atoms with Crippen molar-refractivity contribution in [2.75, 3.05) is 36.7 Å². The van der Waals surface area contributed by atoms with Gasteiger partial charge < -0.3 is 15.0 Å². The van der Waals surface area contributed by atoms with Crippen molar-refractivity contribution < 1.29 is 9.53 Å². The van der Waals surface area contributed by atoms with Crippen LogP contribution < -0.4 is 15.0 Å². The van der Waals surface area contributed by atoms with Crippen LogP contribution in [-0.2, 0) is 4.79 Å². The highest BCUT2D eigenvalue weighted by atomic mass is 32.2. The van der Waals surface area contributed by atoms with Crippen LogP contribution >= 0.6 is 23.1 Å². The number of nitrogens with one attached hydrogen (secondary N) is 1. The third kappa shape index (κ3) is 3.24. The molecule has 134 valence electrons. The smallest absolute Gasteiger partial charge is 0.231 e. The van der Waals surface area contributed by atoms with Crippen LogP contribution in [0.4, 0.5) is 10.8 Å². The van der Waals surface area contributed by atoms with Gasteiger partial charge in [0, 0.05) is 18.0 Å². The largest absolute Gasteiger partial charge is 0.497 e. The Hall–Kier alpha value is -2.25. The van der Waals surface area contributed by atoms with Crippen molar-refractivity contribution in [2.45, 2.75) is 4.90 Å². The summed E-state index contributed by atoms with van der Waals surface area (Å²) in [5.41, 5.74) is 1.85. The van der Waals surface area contributed by atoms with Crippen molar-refractivity contribution in [2.24, 2.45) is 5.92 Å². The van der Waals surface area contributed by atoms with Crippen LogP contribution in [0.3, 0.4) is 0 Å². The molecule has 1 N–H and O–H groups in total. The van der Waals surface area contributed by atoms with Gasteiger partial charge >= 0.3 is 0 Å². The van der Waals surface area contributed by atoms with Gasteiger partial charge in [-0.2, -0.15) is 0 Å². The Morgan fingerprint density at radius 1 is 1.31 bits per heavy atom. The number of hydrogen-bond acceptors (Lipinski definition) is 6. The topological polar surface area (TPSA) is 54.5 Å². The fraction of sp³-hybridized carbons (Fsp3) is 0.263. The number of hydrogen-bond donors (Lipinski definition) is 1. The highest BCUT2D eigenvalue weighted by Gasteiger charge is 2.34. The number of ether oxygens (including phenoxy) is 1. The number of benzene rings is 2. The van der Waals surface area contributed by atoms with Gasteiger partial charge in [0.25, 0.3) is 0 Å². The van der Waals surface area contributed by atoms with E-state index in [9.17, 15) is 4.79 Å². The minimum Gasteiger partial charge on any atom is -0.497 e. The van der Waals surface area contributed by atoms with Gasteiger partial charge in [0.05, 0.1) is 28.9 Å². The van der Waals surface area contributed by atoms with E-state index in [0.29, 0.717) is 13.1 Å². The lowest BCUT2D eigenvalue weighted by molar-refractivity contribution is -0.120. The molecular formula is C19H19N3O2S2. The Balaban J connectivity index is 1.41. The highest BCUT2D eigenvalue weighted by Crippen LogP contribution is 2.35. The van der Waals surface area contributed by atoms with Crippen molar-refractivity contribution in [1.82, 2.24) is 4.98 Å². The molecule has 1 aliphatic rings. The van der Waals surface area contributed by atoms with Gasteiger partial charge in [-0.25, -0.2) is 4.98 Å². The van der Waals surface area contributed by atoms with Gasteiger partial charge in [-0.15, -0.1) is 11.8 Å². The Morgan fingerprint density at radius 2 is 2.12 bits per heavy atom. The number of rotatable bonds is 5. The second-order valence-electron chi connectivity index (χ2n) is 6.12. The number of nitrogens with zero attached hydrogens (tertiary/aromatic N) is 2. The molecule has 2 heterocycles. The predicted octanol–water partition coefficient (Wildman–Crippen LogP) is 4.10. The molecule has 0 aliphatic carbocycles. The van der Waals surface area contributed by atoms with Gasteiger partial charge in [-0.05, 0) is 36.6 Å². The molecule has 0 spiro atoms. The second kappa shape index (κ2) is 7.17. The molecule has 1 amide bonds. The van der Waals surface area contributed by atoms with E-state index < -0.39 is 0 Å². The maximum absolute atomic E-state index is 12.5. The number of aromatic nitrogens is 1. The van der Waals surface area contributed by atoms with E-state index in [-0.39, 0.29) is 11.8 Å². The second-order valence-corrected chi connectivity index (χ2v) is 7.98. The summed E-state index contributed by atoms with van der Waals surface area (Å²) in [6, 6.07) is 13.8. The average Bonchev–Trinajstić information content (AvgIpc) is 3.03. The van der Waals surface area contributed by atoms with Crippen LogP contribution in [0, 0.1) is 5.92 Å². The first kappa shape index (κ1) is 17.2. The van der Waals surface area contributed by atoms with E-state index in [4.69, 9.17) is 4.74 Å². The molecule has 1 aromatic heterocycles. The third-order valence-electron chi connectivity index (χ3n) is 4.47. The number of thioether (sulfide) groups is 1. The zero-order chi connectivity index (χ0) is 18.1. The third-order valence-corrected chi connectivity index (χ3v) is 6.35. The molecule has 1 aliphatic heterocycles. The highest BCUT2D eigenvalue weighted by molar-refractivity contribution is 7.98. The number of anilines is 2. The van der Waals surface area contributed by atoms with Crippen molar-refractivity contribution in [3.63, 3.8) is 0 Å². The van der Waals surface area contributed by atoms with Gasteiger partial charge in [0.2, 0.25) is 5.91 Å². The minimum absolute atomic E-state index is 0.00791. The lowest BCUT2D eigenvalue weighted by atomic mass is 10.00. The standard InChI is InChI=1S/C19H19N3O2S2/c1-24-13-7-8-15-17(9-13)26-19(21-15)22-10-12(11-22)18(23)20-14-5-3-4-6-16(14)25-2/h3-9,12H,10-11H2,1-2H3,(H,20,23). The number of fused-ring (bicyclic) bond motifs is 1. The van der Waals surface area contributed by atoms with Crippen molar-refractivity contribution in [3.05, 3.63) is 42.5 Å². The van der Waals surface area contributed by atoms with Crippen molar-refractivity contribution in [1.29, 1.82) is 0 Å². The van der Waals surface area contributed by atoms with E-state index in [2.05, 4.69) is 15.2 Å². The zero-order valence-corrected chi connectivity index (χ0v) is 16.2. The maximum Gasteiger partial charge on any atom is 0.231 e. The van der Waals surface area contributed by atoms with E-state index in [1.54, 1.807) is 30.2 Å². The number of amides is 1. The molecule has 5 nitrogen and oxygen atoms in total. The van der Waals surface area contributed by atoms with E-state index in [0.717, 1.165) is 31.7 Å². The van der Waals surface area contributed by atoms with E-state index >= 15 is 0 Å². The van der Waals surface area contributed by atoms with E-state index in [1.165, 1.54) is 0 Å². The number of carbonyl (C=O) groups excluding carboxylic acids is 1. The number of methoxy groups -OCH3 is 1. The van der Waals surface area contributed by atoms with Gasteiger partial charge in [-0.1, -0.05) is 23.5 Å². The maximum atomic E-state index is 12.5. The average molecular weight is 386 g/mol. The normalized spacial score (nSPS) is 14.3. The summed E-state index contributed by atoms with van der Waals surface area (Å²) in [5.74, 6) is 0.901. The van der Waals surface area contributed by atoms with Crippen LogP contribution in [0.2, 0.25) is 0 Å². The molecule has 0 saturated carbocycles. The molecule has 0 bridgehead atoms. The summed E-state index contributed by atoms with van der Waals surface area (Å²) in [4.78, 5) is 20.4. The fourth-order valence-electron chi connectivity index (χ4n) is 2.94. The van der Waals surface area contributed by atoms with E-state index in [1.807, 2.05) is 48.7 Å². The lowest BCUT2D eigenvalue weighted by Crippen LogP contribution is -2.52. The van der Waals surface area contributed by atoms with Gasteiger partial charge in [-0.3, -0.25) is 4.79 Å². The summed E-state index contributed by atoms with van der Waals surface area (Å²) in [7, 11) is 1.66. The number of carbonyl (C=O) groups is 1. The molecule has 3 aromatic rings. The molecule has 7 heteroatoms. The number of para-hydroxylation sites is 1. The van der Waals surface area contributed by atoms with Crippen LogP contribution in [0.15, 0.2) is 47.4 Å². The SMILES string of the molecule is COc1ccc2nc(N3CC(C(=O)Nc4ccccc4SC)C3)sc2c1. The summed E-state index contributed by atoms with van der Waals surface area (Å²) >= 11 is 3.27. The van der Waals surface area contributed by atoms with Gasteiger partial charge in [0.1, 0.15) is 5.75 Å². The summed E-state index contributed by atoms with van der Waals surface area (Å²) in [6.07, 6.45) is 2.01. The quantitative estimate of drug-likeness (QED) is 0.670. The first-order valence-electron chi connectivity index (χ1n) is 8.31. The van der Waals surface area contributed by atoms with Crippen LogP contribution in [0.1, 0.15) is 0 Å². The summed E-state index contributed by atoms with van der Waals surface area (Å²) in [5, 5.41) is 4.02. The summed E-state index contributed by atoms with van der Waals surface area (Å²) in [6.45, 7) is 1.40. The molecule has 26 heavy (non-hydrogen) atoms.